The highest BCUT2D eigenvalue weighted by atomic mass is 16.6. The zero-order valence-corrected chi connectivity index (χ0v) is 31.1. The van der Waals surface area contributed by atoms with E-state index in [0.29, 0.717) is 12.8 Å². The van der Waals surface area contributed by atoms with E-state index in [-0.39, 0.29) is 37.7 Å². The number of aliphatic hydroxyl groups excluding tert-OH is 2. The second-order valence-corrected chi connectivity index (χ2v) is 13.3. The summed E-state index contributed by atoms with van der Waals surface area (Å²) in [4.78, 5) is 23.9. The summed E-state index contributed by atoms with van der Waals surface area (Å²) < 4.78 is 10.3. The van der Waals surface area contributed by atoms with Crippen molar-refractivity contribution in [2.45, 2.75) is 193 Å². The highest BCUT2D eigenvalue weighted by Crippen LogP contribution is 2.14. The predicted molar refractivity (Wildman–Crippen MR) is 202 cm³/mol. The minimum Gasteiger partial charge on any atom is -0.463 e. The van der Waals surface area contributed by atoms with E-state index in [9.17, 15) is 19.8 Å². The molecule has 278 valence electrons. The molecule has 0 saturated carbocycles. The lowest BCUT2D eigenvalue weighted by Crippen LogP contribution is -2.25. The number of ether oxygens (including phenoxy) is 2. The zero-order valence-electron chi connectivity index (χ0n) is 31.1. The zero-order chi connectivity index (χ0) is 35.2. The molecule has 0 radical (unpaired) electrons. The number of carbonyl (C=O) groups excluding carboxylic acids is 2. The summed E-state index contributed by atoms with van der Waals surface area (Å²) in [5.74, 6) is -0.651. The summed E-state index contributed by atoms with van der Waals surface area (Å²) in [5, 5.41) is 19.8. The summed E-state index contributed by atoms with van der Waals surface area (Å²) >= 11 is 0. The summed E-state index contributed by atoms with van der Waals surface area (Å²) in [6, 6.07) is 0. The van der Waals surface area contributed by atoms with Gasteiger partial charge in [-0.15, -0.1) is 0 Å². The number of rotatable bonds is 35. The molecular formula is C42H74O6. The quantitative estimate of drug-likeness (QED) is 0.0301. The van der Waals surface area contributed by atoms with Crippen molar-refractivity contribution >= 4 is 11.9 Å². The van der Waals surface area contributed by atoms with Crippen molar-refractivity contribution in [2.24, 2.45) is 0 Å². The molecule has 0 aliphatic carbocycles. The van der Waals surface area contributed by atoms with E-state index in [1.165, 1.54) is 89.9 Å². The normalized spacial score (nSPS) is 13.3. The summed E-state index contributed by atoms with van der Waals surface area (Å²) in [6.45, 7) is 4.13. The first-order valence-corrected chi connectivity index (χ1v) is 19.8. The first-order chi connectivity index (χ1) is 23.5. The largest absolute Gasteiger partial charge is 0.463 e. The van der Waals surface area contributed by atoms with Gasteiger partial charge in [-0.3, -0.25) is 9.59 Å². The molecule has 0 aliphatic heterocycles. The number of hydrogen-bond donors (Lipinski definition) is 2. The van der Waals surface area contributed by atoms with Crippen LogP contribution in [0.3, 0.4) is 0 Å². The number of unbranched alkanes of at least 4 members (excludes halogenated alkanes) is 18. The van der Waals surface area contributed by atoms with Gasteiger partial charge in [0.25, 0.3) is 0 Å². The Bertz CT molecular complexity index is 830. The van der Waals surface area contributed by atoms with E-state index in [0.717, 1.165) is 57.8 Å². The number of carbonyl (C=O) groups is 2. The van der Waals surface area contributed by atoms with Gasteiger partial charge in [-0.25, -0.2) is 0 Å². The smallest absolute Gasteiger partial charge is 0.305 e. The molecule has 6 nitrogen and oxygen atoms in total. The maximum atomic E-state index is 12.0. The number of aliphatic hydroxyl groups is 2. The van der Waals surface area contributed by atoms with Crippen LogP contribution in [-0.2, 0) is 19.1 Å². The van der Waals surface area contributed by atoms with E-state index in [1.807, 2.05) is 18.2 Å². The number of esters is 2. The molecule has 0 unspecified atom stereocenters. The van der Waals surface area contributed by atoms with Gasteiger partial charge < -0.3 is 19.7 Å². The van der Waals surface area contributed by atoms with E-state index >= 15 is 0 Å². The van der Waals surface area contributed by atoms with Crippen molar-refractivity contribution in [3.05, 3.63) is 48.6 Å². The molecule has 0 rings (SSSR count). The Kier molecular flexibility index (Phi) is 35.9. The van der Waals surface area contributed by atoms with Crippen LogP contribution in [-0.4, -0.2) is 47.6 Å². The van der Waals surface area contributed by atoms with Crippen molar-refractivity contribution in [1.29, 1.82) is 0 Å². The topological polar surface area (TPSA) is 93.1 Å². The molecule has 0 bridgehead atoms. The molecule has 0 aliphatic rings. The molecule has 0 saturated heterocycles. The van der Waals surface area contributed by atoms with Crippen LogP contribution in [0.25, 0.3) is 0 Å². The average molecular weight is 675 g/mol. The molecule has 2 atom stereocenters. The lowest BCUT2D eigenvalue weighted by molar-refractivity contribution is -0.152. The molecule has 0 amide bonds. The molecule has 0 fully saturated rings. The third-order valence-corrected chi connectivity index (χ3v) is 8.42. The first kappa shape index (κ1) is 45.8. The number of allylic oxidation sites excluding steroid dienone is 7. The van der Waals surface area contributed by atoms with Gasteiger partial charge in [0.2, 0.25) is 0 Å². The second kappa shape index (κ2) is 37.6. The van der Waals surface area contributed by atoms with Gasteiger partial charge >= 0.3 is 11.9 Å². The van der Waals surface area contributed by atoms with Gasteiger partial charge in [-0.2, -0.15) is 0 Å². The van der Waals surface area contributed by atoms with Crippen LogP contribution in [0.2, 0.25) is 0 Å². The van der Waals surface area contributed by atoms with Crippen LogP contribution in [0.15, 0.2) is 48.6 Å². The Morgan fingerprint density at radius 2 is 0.958 bits per heavy atom. The predicted octanol–water partition coefficient (Wildman–Crippen LogP) is 11.2. The fourth-order valence-electron chi connectivity index (χ4n) is 5.37. The maximum absolute atomic E-state index is 12.0. The molecule has 6 heteroatoms. The van der Waals surface area contributed by atoms with Crippen LogP contribution in [0.1, 0.15) is 181 Å². The molecule has 0 spiro atoms. The molecule has 2 N–H and O–H groups in total. The highest BCUT2D eigenvalue weighted by Gasteiger charge is 2.12. The molecular weight excluding hydrogens is 600 g/mol. The minimum absolute atomic E-state index is 0.143. The Morgan fingerprint density at radius 1 is 0.521 bits per heavy atom. The fourth-order valence-corrected chi connectivity index (χ4v) is 5.37. The van der Waals surface area contributed by atoms with Gasteiger partial charge in [0.05, 0.1) is 6.10 Å². The van der Waals surface area contributed by atoms with Gasteiger partial charge in [0.15, 0.2) is 0 Å². The van der Waals surface area contributed by atoms with E-state index in [4.69, 9.17) is 9.47 Å². The molecule has 0 aromatic carbocycles. The van der Waals surface area contributed by atoms with E-state index in [2.05, 4.69) is 44.2 Å². The average Bonchev–Trinajstić information content (AvgIpc) is 3.08. The second-order valence-electron chi connectivity index (χ2n) is 13.3. The molecule has 0 aromatic heterocycles. The minimum atomic E-state index is -0.997. The van der Waals surface area contributed by atoms with Crippen molar-refractivity contribution in [1.82, 2.24) is 0 Å². The van der Waals surface area contributed by atoms with Crippen LogP contribution >= 0.6 is 0 Å². The first-order valence-electron chi connectivity index (χ1n) is 19.8. The third-order valence-electron chi connectivity index (χ3n) is 8.42. The Labute approximate surface area is 295 Å². The summed E-state index contributed by atoms with van der Waals surface area (Å²) in [7, 11) is 0. The fraction of sp³-hybridized carbons (Fsp3) is 0.762. The van der Waals surface area contributed by atoms with E-state index in [1.54, 1.807) is 0 Å². The van der Waals surface area contributed by atoms with E-state index < -0.39 is 6.10 Å². The van der Waals surface area contributed by atoms with Gasteiger partial charge in [-0.1, -0.05) is 178 Å². The summed E-state index contributed by atoms with van der Waals surface area (Å²) in [5.41, 5.74) is 0. The Morgan fingerprint density at radius 3 is 1.50 bits per heavy atom. The van der Waals surface area contributed by atoms with Crippen LogP contribution in [0.5, 0.6) is 0 Å². The van der Waals surface area contributed by atoms with Gasteiger partial charge in [-0.05, 0) is 38.5 Å². The van der Waals surface area contributed by atoms with Crippen LogP contribution in [0, 0.1) is 0 Å². The standard InChI is InChI=1S/C42H74O6/c1-3-5-7-8-9-10-11-12-13-14-15-18-21-24-27-31-35-41(45)47-37-40(44)38-48-42(46)36-32-28-25-22-19-16-17-20-23-26-30-34-39(43)33-29-6-4-2/h16-17,22-23,25-26,30,34,39-40,43-44H,3-15,18-21,24,27-29,31-33,35-38H2,1-2H3/b17-16-,25-22-,26-23-,34-30+/t39-,40-/m1/s1. The Hall–Kier alpha value is -2.18. The molecule has 0 heterocycles. The van der Waals surface area contributed by atoms with Gasteiger partial charge in [0, 0.05) is 12.8 Å². The lowest BCUT2D eigenvalue weighted by Gasteiger charge is -2.12. The van der Waals surface area contributed by atoms with Gasteiger partial charge in [0.1, 0.15) is 19.3 Å². The molecule has 48 heavy (non-hydrogen) atoms. The van der Waals surface area contributed by atoms with Crippen LogP contribution < -0.4 is 0 Å². The number of hydrogen-bond acceptors (Lipinski definition) is 6. The summed E-state index contributed by atoms with van der Waals surface area (Å²) in [6.07, 6.45) is 43.5. The lowest BCUT2D eigenvalue weighted by atomic mass is 10.0. The van der Waals surface area contributed by atoms with Crippen molar-refractivity contribution in [3.63, 3.8) is 0 Å². The van der Waals surface area contributed by atoms with Crippen LogP contribution in [0.4, 0.5) is 0 Å². The Balaban J connectivity index is 3.57. The molecule has 0 aromatic rings. The monoisotopic (exact) mass is 675 g/mol. The van der Waals surface area contributed by atoms with Crippen molar-refractivity contribution < 1.29 is 29.3 Å². The third kappa shape index (κ3) is 36.7. The van der Waals surface area contributed by atoms with Crippen molar-refractivity contribution in [2.75, 3.05) is 13.2 Å². The SMILES string of the molecule is CCCCCCCCCCCCCCCCCCC(=O)OC[C@@H](O)COC(=O)CCC/C=C\C/C=C\C/C=C\C=C\[C@H](O)CCCCC. The maximum Gasteiger partial charge on any atom is 0.305 e. The van der Waals surface area contributed by atoms with Crippen molar-refractivity contribution in [3.8, 4) is 0 Å². The highest BCUT2D eigenvalue weighted by molar-refractivity contribution is 5.69.